The van der Waals surface area contributed by atoms with Crippen LogP contribution in [0.2, 0.25) is 0 Å². The van der Waals surface area contributed by atoms with Crippen molar-refractivity contribution in [3.63, 3.8) is 0 Å². The number of likely N-dealkylation sites (tertiary alicyclic amines) is 1. The molecule has 5 nitrogen and oxygen atoms in total. The first kappa shape index (κ1) is 20.1. The molecule has 29 heavy (non-hydrogen) atoms. The zero-order valence-corrected chi connectivity index (χ0v) is 16.5. The summed E-state index contributed by atoms with van der Waals surface area (Å²) in [5, 5.41) is 0. The van der Waals surface area contributed by atoms with Crippen LogP contribution in [-0.2, 0) is 6.18 Å². The molecular formula is C20H20ClF3N4O. The average molecular weight is 425 g/mol. The van der Waals surface area contributed by atoms with Crippen LogP contribution in [0.25, 0.3) is 0 Å². The monoisotopic (exact) mass is 424 g/mol. The SMILES string of the molecule is CC1CCCN(C2c3ncc(C(=O)c4ccccc4C(F)(F)F)cc3NN2Cl)C1. The van der Waals surface area contributed by atoms with Crippen LogP contribution in [0.1, 0.15) is 53.1 Å². The number of anilines is 1. The number of rotatable bonds is 3. The van der Waals surface area contributed by atoms with E-state index in [-0.39, 0.29) is 11.7 Å². The molecule has 0 aliphatic carbocycles. The molecule has 2 aliphatic rings. The van der Waals surface area contributed by atoms with Crippen molar-refractivity contribution in [3.8, 4) is 0 Å². The summed E-state index contributed by atoms with van der Waals surface area (Å²) in [6, 6.07) is 6.27. The van der Waals surface area contributed by atoms with Crippen LogP contribution in [0.5, 0.6) is 0 Å². The maximum absolute atomic E-state index is 13.3. The van der Waals surface area contributed by atoms with E-state index in [0.29, 0.717) is 17.3 Å². The number of hydrogen-bond acceptors (Lipinski definition) is 5. The molecule has 1 N–H and O–H groups in total. The van der Waals surface area contributed by atoms with E-state index in [1.807, 2.05) is 0 Å². The standard InChI is InChI=1S/C20H20ClF3N4O/c1-12-5-4-8-27(11-12)19-17-16(26-28(19)21)9-13(10-25-17)18(29)14-6-2-3-7-15(14)20(22,23)24/h2-3,6-7,9-10,12,19,26H,4-5,8,11H2,1H3. The molecule has 0 spiro atoms. The number of hydrogen-bond donors (Lipinski definition) is 1. The minimum Gasteiger partial charge on any atom is -0.301 e. The number of halogens is 4. The number of carbonyl (C=O) groups excluding carboxylic acids is 1. The Morgan fingerprint density at radius 3 is 2.79 bits per heavy atom. The highest BCUT2D eigenvalue weighted by molar-refractivity contribution is 6.15. The molecule has 2 aromatic rings. The minimum atomic E-state index is -4.61. The third-order valence-electron chi connectivity index (χ3n) is 5.38. The molecule has 9 heteroatoms. The lowest BCUT2D eigenvalue weighted by Crippen LogP contribution is -2.41. The molecule has 2 atom stereocenters. The molecule has 2 unspecified atom stereocenters. The number of pyridine rings is 1. The fourth-order valence-electron chi connectivity index (χ4n) is 4.03. The van der Waals surface area contributed by atoms with Crippen LogP contribution in [0.15, 0.2) is 36.5 Å². The van der Waals surface area contributed by atoms with Crippen molar-refractivity contribution < 1.29 is 18.0 Å². The summed E-state index contributed by atoms with van der Waals surface area (Å²) in [7, 11) is 0. The lowest BCUT2D eigenvalue weighted by Gasteiger charge is -2.36. The van der Waals surface area contributed by atoms with Gasteiger partial charge in [-0.2, -0.15) is 13.2 Å². The summed E-state index contributed by atoms with van der Waals surface area (Å²) < 4.78 is 41.2. The molecule has 154 valence electrons. The van der Waals surface area contributed by atoms with Crippen molar-refractivity contribution in [1.29, 1.82) is 0 Å². The van der Waals surface area contributed by atoms with Gasteiger partial charge in [0.1, 0.15) is 6.17 Å². The largest absolute Gasteiger partial charge is 0.417 e. The van der Waals surface area contributed by atoms with Gasteiger partial charge in [-0.15, -0.1) is 4.53 Å². The summed E-state index contributed by atoms with van der Waals surface area (Å²) in [5.74, 6) is -0.191. The van der Waals surface area contributed by atoms with E-state index in [2.05, 4.69) is 22.2 Å². The molecule has 3 heterocycles. The molecule has 1 saturated heterocycles. The average Bonchev–Trinajstić information content (AvgIpc) is 3.01. The molecule has 1 fully saturated rings. The van der Waals surface area contributed by atoms with Gasteiger partial charge in [-0.3, -0.25) is 14.7 Å². The summed E-state index contributed by atoms with van der Waals surface area (Å²) in [6.45, 7) is 3.93. The van der Waals surface area contributed by atoms with Crippen molar-refractivity contribution in [1.82, 2.24) is 14.4 Å². The van der Waals surface area contributed by atoms with Crippen molar-refractivity contribution in [2.45, 2.75) is 32.1 Å². The van der Waals surface area contributed by atoms with Gasteiger partial charge < -0.3 is 5.43 Å². The Kier molecular flexibility index (Phi) is 5.27. The van der Waals surface area contributed by atoms with Gasteiger partial charge >= 0.3 is 6.18 Å². The Balaban J connectivity index is 1.65. The zero-order valence-electron chi connectivity index (χ0n) is 15.7. The van der Waals surface area contributed by atoms with Crippen LogP contribution >= 0.6 is 11.8 Å². The first-order valence-corrected chi connectivity index (χ1v) is 9.76. The second-order valence-corrected chi connectivity index (χ2v) is 7.93. The summed E-state index contributed by atoms with van der Waals surface area (Å²) in [4.78, 5) is 19.4. The summed E-state index contributed by atoms with van der Waals surface area (Å²) >= 11 is 6.37. The molecule has 0 saturated carbocycles. The van der Waals surface area contributed by atoms with Gasteiger partial charge in [0.05, 0.1) is 16.9 Å². The van der Waals surface area contributed by atoms with Crippen molar-refractivity contribution in [3.05, 3.63) is 58.9 Å². The number of fused-ring (bicyclic) bond motifs is 1. The highest BCUT2D eigenvalue weighted by Gasteiger charge is 2.38. The number of aromatic nitrogens is 1. The van der Waals surface area contributed by atoms with Crippen LogP contribution < -0.4 is 5.43 Å². The Hall–Kier alpha value is -2.16. The van der Waals surface area contributed by atoms with Crippen LogP contribution in [0.4, 0.5) is 18.9 Å². The Morgan fingerprint density at radius 1 is 1.31 bits per heavy atom. The molecule has 0 bridgehead atoms. The Bertz CT molecular complexity index is 936. The second-order valence-electron chi connectivity index (χ2n) is 7.57. The number of ketones is 1. The summed E-state index contributed by atoms with van der Waals surface area (Å²) in [5.41, 5.74) is 2.87. The van der Waals surface area contributed by atoms with Crippen LogP contribution in [0.3, 0.4) is 0 Å². The predicted octanol–water partition coefficient (Wildman–Crippen LogP) is 4.86. The van der Waals surface area contributed by atoms with Gasteiger partial charge in [0.25, 0.3) is 0 Å². The molecular weight excluding hydrogens is 405 g/mol. The van der Waals surface area contributed by atoms with Gasteiger partial charge in [0.2, 0.25) is 0 Å². The predicted molar refractivity (Wildman–Crippen MR) is 103 cm³/mol. The number of nitrogens with zero attached hydrogens (tertiary/aromatic N) is 3. The van der Waals surface area contributed by atoms with Gasteiger partial charge in [-0.25, -0.2) is 0 Å². The highest BCUT2D eigenvalue weighted by Crippen LogP contribution is 2.40. The van der Waals surface area contributed by atoms with Crippen molar-refractivity contribution >= 4 is 23.2 Å². The molecule has 0 amide bonds. The molecule has 4 rings (SSSR count). The Morgan fingerprint density at radius 2 is 2.07 bits per heavy atom. The lowest BCUT2D eigenvalue weighted by atomic mass is 9.98. The maximum atomic E-state index is 13.3. The third kappa shape index (κ3) is 3.84. The number of piperidine rings is 1. The van der Waals surface area contributed by atoms with E-state index >= 15 is 0 Å². The number of hydrazine groups is 1. The van der Waals surface area contributed by atoms with E-state index in [9.17, 15) is 18.0 Å². The fourth-order valence-corrected chi connectivity index (χ4v) is 4.33. The zero-order chi connectivity index (χ0) is 20.8. The quantitative estimate of drug-likeness (QED) is 0.563. The van der Waals surface area contributed by atoms with Crippen molar-refractivity contribution in [2.75, 3.05) is 18.5 Å². The van der Waals surface area contributed by atoms with Gasteiger partial charge in [0.15, 0.2) is 5.78 Å². The van der Waals surface area contributed by atoms with E-state index in [1.165, 1.54) is 35.0 Å². The molecule has 2 aliphatic heterocycles. The van der Waals surface area contributed by atoms with E-state index in [1.54, 1.807) is 0 Å². The first-order chi connectivity index (χ1) is 13.8. The number of alkyl halides is 3. The van der Waals surface area contributed by atoms with E-state index < -0.39 is 23.1 Å². The molecule has 1 aromatic carbocycles. The van der Waals surface area contributed by atoms with Gasteiger partial charge in [-0.1, -0.05) is 25.1 Å². The fraction of sp³-hybridized carbons (Fsp3) is 0.400. The second kappa shape index (κ2) is 7.59. The maximum Gasteiger partial charge on any atom is 0.417 e. The number of nitrogens with one attached hydrogen (secondary N) is 1. The smallest absolute Gasteiger partial charge is 0.301 e. The minimum absolute atomic E-state index is 0.0747. The molecule has 1 aromatic heterocycles. The van der Waals surface area contributed by atoms with E-state index in [4.69, 9.17) is 11.8 Å². The van der Waals surface area contributed by atoms with Gasteiger partial charge in [-0.05, 0) is 30.9 Å². The number of carbonyl (C=O) groups is 1. The lowest BCUT2D eigenvalue weighted by molar-refractivity contribution is -0.137. The van der Waals surface area contributed by atoms with Crippen molar-refractivity contribution in [2.24, 2.45) is 5.92 Å². The topological polar surface area (TPSA) is 48.5 Å². The summed E-state index contributed by atoms with van der Waals surface area (Å²) in [6.07, 6.45) is -1.36. The van der Waals surface area contributed by atoms with Crippen LogP contribution in [-0.4, -0.2) is 33.3 Å². The van der Waals surface area contributed by atoms with Gasteiger partial charge in [0, 0.05) is 42.2 Å². The normalized spacial score (nSPS) is 22.9. The Labute approximate surface area is 171 Å². The molecule has 0 radical (unpaired) electrons. The van der Waals surface area contributed by atoms with Crippen LogP contribution in [0, 0.1) is 5.92 Å². The highest BCUT2D eigenvalue weighted by atomic mass is 35.5. The third-order valence-corrected chi connectivity index (χ3v) is 5.65. The van der Waals surface area contributed by atoms with E-state index in [0.717, 1.165) is 32.0 Å². The number of benzene rings is 1. The first-order valence-electron chi connectivity index (χ1n) is 9.42.